The summed E-state index contributed by atoms with van der Waals surface area (Å²) in [5.74, 6) is 2.08. The molecule has 0 saturated heterocycles. The van der Waals surface area contributed by atoms with Crippen LogP contribution in [-0.2, 0) is 16.1 Å². The van der Waals surface area contributed by atoms with Crippen LogP contribution in [0.5, 0.6) is 11.5 Å². The molecule has 2 aromatic heterocycles. The molecule has 0 radical (unpaired) electrons. The fourth-order valence-electron chi connectivity index (χ4n) is 5.70. The van der Waals surface area contributed by atoms with Gasteiger partial charge in [0.15, 0.2) is 11.5 Å². The Morgan fingerprint density at radius 1 is 0.950 bits per heavy atom. The summed E-state index contributed by atoms with van der Waals surface area (Å²) >= 11 is 0. The third kappa shape index (κ3) is 5.66. The third-order valence-corrected chi connectivity index (χ3v) is 7.90. The van der Waals surface area contributed by atoms with Gasteiger partial charge in [-0.2, -0.15) is 0 Å². The zero-order chi connectivity index (χ0) is 27.5. The molecule has 8 nitrogen and oxygen atoms in total. The molecule has 1 saturated carbocycles. The molecule has 2 aliphatic rings. The Bertz CT molecular complexity index is 1520. The highest BCUT2D eigenvalue weighted by Gasteiger charge is 2.24. The molecule has 1 aliphatic heterocycles. The maximum atomic E-state index is 12.8. The predicted molar refractivity (Wildman–Crippen MR) is 150 cm³/mol. The second kappa shape index (κ2) is 11.4. The van der Waals surface area contributed by atoms with Crippen molar-refractivity contribution in [3.63, 3.8) is 0 Å². The second-order valence-electron chi connectivity index (χ2n) is 10.5. The summed E-state index contributed by atoms with van der Waals surface area (Å²) in [5, 5.41) is 2.93. The molecule has 1 aliphatic carbocycles. The summed E-state index contributed by atoms with van der Waals surface area (Å²) in [4.78, 5) is 29.1. The molecule has 1 fully saturated rings. The molecule has 6 rings (SSSR count). The zero-order valence-corrected chi connectivity index (χ0v) is 22.6. The van der Waals surface area contributed by atoms with E-state index < -0.39 is 0 Å². The van der Waals surface area contributed by atoms with Crippen LogP contribution in [0.3, 0.4) is 0 Å². The highest BCUT2D eigenvalue weighted by atomic mass is 16.7. The number of amides is 1. The number of esters is 1. The highest BCUT2D eigenvalue weighted by molar-refractivity contribution is 5.92. The number of hydrogen-bond acceptors (Lipinski definition) is 6. The molecule has 40 heavy (non-hydrogen) atoms. The summed E-state index contributed by atoms with van der Waals surface area (Å²) in [6.45, 7) is 2.90. The van der Waals surface area contributed by atoms with Crippen LogP contribution in [-0.4, -0.2) is 34.7 Å². The Morgan fingerprint density at radius 3 is 2.52 bits per heavy atom. The molecular formula is C32H33N3O5. The van der Waals surface area contributed by atoms with E-state index in [9.17, 15) is 9.59 Å². The van der Waals surface area contributed by atoms with Crippen LogP contribution in [0.25, 0.3) is 16.8 Å². The Balaban J connectivity index is 1.07. The minimum atomic E-state index is -0.232. The van der Waals surface area contributed by atoms with E-state index in [2.05, 4.69) is 34.6 Å². The highest BCUT2D eigenvalue weighted by Crippen LogP contribution is 2.38. The van der Waals surface area contributed by atoms with Crippen molar-refractivity contribution in [1.29, 1.82) is 0 Å². The summed E-state index contributed by atoms with van der Waals surface area (Å²) in [6.07, 6.45) is 8.64. The number of carbonyl (C=O) groups is 2. The van der Waals surface area contributed by atoms with Crippen molar-refractivity contribution in [2.24, 2.45) is 5.92 Å². The Morgan fingerprint density at radius 2 is 1.73 bits per heavy atom. The van der Waals surface area contributed by atoms with Crippen molar-refractivity contribution < 1.29 is 23.8 Å². The SMILES string of the molecule is CCOC(=O)CC1CCC(c2ccc(-c3ccc4nc(C(=O)NCc5ccc6c(c5)OCO6)cn4c3)cc2)CC1. The van der Waals surface area contributed by atoms with Crippen LogP contribution >= 0.6 is 0 Å². The van der Waals surface area contributed by atoms with Gasteiger partial charge in [0.25, 0.3) is 5.91 Å². The molecule has 0 bridgehead atoms. The molecule has 0 atom stereocenters. The van der Waals surface area contributed by atoms with Gasteiger partial charge in [0.2, 0.25) is 6.79 Å². The molecule has 8 heteroatoms. The minimum Gasteiger partial charge on any atom is -0.466 e. The van der Waals surface area contributed by atoms with E-state index in [-0.39, 0.29) is 18.7 Å². The first-order valence-electron chi connectivity index (χ1n) is 14.0. The van der Waals surface area contributed by atoms with Gasteiger partial charge in [0.1, 0.15) is 11.3 Å². The normalized spacial score (nSPS) is 18.0. The first-order valence-corrected chi connectivity index (χ1v) is 14.0. The smallest absolute Gasteiger partial charge is 0.306 e. The maximum absolute atomic E-state index is 12.8. The minimum absolute atomic E-state index is 0.0702. The summed E-state index contributed by atoms with van der Waals surface area (Å²) in [7, 11) is 0. The number of carbonyl (C=O) groups excluding carboxylic acids is 2. The number of benzene rings is 2. The molecule has 3 heterocycles. The van der Waals surface area contributed by atoms with Gasteiger partial charge in [-0.1, -0.05) is 30.3 Å². The monoisotopic (exact) mass is 539 g/mol. The zero-order valence-electron chi connectivity index (χ0n) is 22.6. The lowest BCUT2D eigenvalue weighted by atomic mass is 9.77. The molecule has 0 spiro atoms. The van der Waals surface area contributed by atoms with Gasteiger partial charge in [-0.15, -0.1) is 0 Å². The van der Waals surface area contributed by atoms with E-state index >= 15 is 0 Å². The van der Waals surface area contributed by atoms with Gasteiger partial charge in [0.05, 0.1) is 6.61 Å². The summed E-state index contributed by atoms with van der Waals surface area (Å²) < 4.78 is 17.8. The van der Waals surface area contributed by atoms with Crippen molar-refractivity contribution in [2.45, 2.75) is 51.5 Å². The number of aromatic nitrogens is 2. The second-order valence-corrected chi connectivity index (χ2v) is 10.5. The summed E-state index contributed by atoms with van der Waals surface area (Å²) in [5.41, 5.74) is 5.53. The number of fused-ring (bicyclic) bond motifs is 2. The van der Waals surface area contributed by atoms with Crippen LogP contribution < -0.4 is 14.8 Å². The Kier molecular flexibility index (Phi) is 7.40. The van der Waals surface area contributed by atoms with Gasteiger partial charge < -0.3 is 23.9 Å². The standard InChI is InChI=1S/C32H33N3O5/c1-2-38-31(36)16-21-3-6-23(7-4-21)24-8-10-25(11-9-24)26-12-14-30-34-27(19-35(30)18-26)32(37)33-17-22-5-13-28-29(15-22)40-20-39-28/h5,8-15,18-19,21,23H,2-4,6-7,16-17,20H2,1H3,(H,33,37). The molecule has 1 N–H and O–H groups in total. The predicted octanol–water partition coefficient (Wildman–Crippen LogP) is 5.89. The first-order chi connectivity index (χ1) is 19.6. The Hall–Kier alpha value is -4.33. The fraction of sp³-hybridized carbons (Fsp3) is 0.344. The number of hydrogen-bond donors (Lipinski definition) is 1. The number of ether oxygens (including phenoxy) is 3. The molecule has 1 amide bonds. The van der Waals surface area contributed by atoms with Crippen molar-refractivity contribution >= 4 is 17.5 Å². The van der Waals surface area contributed by atoms with Crippen LogP contribution in [0.2, 0.25) is 0 Å². The third-order valence-electron chi connectivity index (χ3n) is 7.90. The number of rotatable bonds is 8. The van der Waals surface area contributed by atoms with E-state index in [1.165, 1.54) is 5.56 Å². The molecule has 206 valence electrons. The molecular weight excluding hydrogens is 506 g/mol. The van der Waals surface area contributed by atoms with E-state index in [1.807, 2.05) is 47.9 Å². The average molecular weight is 540 g/mol. The molecule has 0 unspecified atom stereocenters. The Labute approximate surface area is 233 Å². The van der Waals surface area contributed by atoms with Gasteiger partial charge in [-0.25, -0.2) is 4.98 Å². The van der Waals surface area contributed by atoms with Crippen molar-refractivity contribution in [3.05, 3.63) is 83.8 Å². The van der Waals surface area contributed by atoms with Crippen molar-refractivity contribution in [3.8, 4) is 22.6 Å². The average Bonchev–Trinajstić information content (AvgIpc) is 3.63. The van der Waals surface area contributed by atoms with Gasteiger partial charge >= 0.3 is 5.97 Å². The van der Waals surface area contributed by atoms with Gasteiger partial charge in [0, 0.05) is 25.4 Å². The number of nitrogens with zero attached hydrogens (tertiary/aromatic N) is 2. The molecule has 2 aromatic carbocycles. The van der Waals surface area contributed by atoms with E-state index in [0.717, 1.165) is 48.1 Å². The first kappa shape index (κ1) is 25.9. The van der Waals surface area contributed by atoms with E-state index in [4.69, 9.17) is 14.2 Å². The number of imidazole rings is 1. The van der Waals surface area contributed by atoms with Crippen LogP contribution in [0.15, 0.2) is 67.0 Å². The fourth-order valence-corrected chi connectivity index (χ4v) is 5.70. The lowest BCUT2D eigenvalue weighted by Crippen LogP contribution is -2.23. The van der Waals surface area contributed by atoms with Crippen molar-refractivity contribution in [2.75, 3.05) is 13.4 Å². The lowest BCUT2D eigenvalue weighted by molar-refractivity contribution is -0.144. The lowest BCUT2D eigenvalue weighted by Gasteiger charge is -2.28. The van der Waals surface area contributed by atoms with Gasteiger partial charge in [-0.3, -0.25) is 9.59 Å². The largest absolute Gasteiger partial charge is 0.466 e. The van der Waals surface area contributed by atoms with Gasteiger partial charge in [-0.05, 0) is 91.0 Å². The number of pyridine rings is 1. The van der Waals surface area contributed by atoms with E-state index in [1.54, 1.807) is 6.20 Å². The number of nitrogens with one attached hydrogen (secondary N) is 1. The topological polar surface area (TPSA) is 91.2 Å². The van der Waals surface area contributed by atoms with E-state index in [0.29, 0.717) is 48.5 Å². The van der Waals surface area contributed by atoms with Crippen LogP contribution in [0, 0.1) is 5.92 Å². The van der Waals surface area contributed by atoms with Crippen LogP contribution in [0.4, 0.5) is 0 Å². The maximum Gasteiger partial charge on any atom is 0.306 e. The van der Waals surface area contributed by atoms with Crippen molar-refractivity contribution in [1.82, 2.24) is 14.7 Å². The molecule has 4 aromatic rings. The quantitative estimate of drug-likeness (QED) is 0.281. The van der Waals surface area contributed by atoms with Crippen LogP contribution in [0.1, 0.15) is 66.6 Å². The summed E-state index contributed by atoms with van der Waals surface area (Å²) in [6, 6.07) is 18.4.